The van der Waals surface area contributed by atoms with Crippen LogP contribution in [0.5, 0.6) is 0 Å². The molecule has 1 aliphatic rings. The molecule has 1 heterocycles. The highest BCUT2D eigenvalue weighted by molar-refractivity contribution is 6.42. The molecule has 0 amide bonds. The highest BCUT2D eigenvalue weighted by Gasteiger charge is 2.28. The predicted molar refractivity (Wildman–Crippen MR) is 69.8 cm³/mol. The van der Waals surface area contributed by atoms with Crippen molar-refractivity contribution in [1.82, 2.24) is 5.32 Å². The number of hydrogen-bond acceptors (Lipinski definition) is 2. The Balaban J connectivity index is 0.00000128. The molecule has 1 aromatic rings. The van der Waals surface area contributed by atoms with Gasteiger partial charge in [0.05, 0.1) is 16.1 Å². The van der Waals surface area contributed by atoms with Crippen LogP contribution in [0.25, 0.3) is 0 Å². The van der Waals surface area contributed by atoms with E-state index in [0.29, 0.717) is 16.0 Å². The Morgan fingerprint density at radius 1 is 1.31 bits per heavy atom. The van der Waals surface area contributed by atoms with Crippen LogP contribution in [0.15, 0.2) is 18.2 Å². The first-order valence-electron chi connectivity index (χ1n) is 4.91. The van der Waals surface area contributed by atoms with Gasteiger partial charge < -0.3 is 10.1 Å². The molecule has 1 fully saturated rings. The van der Waals surface area contributed by atoms with Crippen LogP contribution >= 0.6 is 35.6 Å². The lowest BCUT2D eigenvalue weighted by Gasteiger charge is -2.34. The third-order valence-electron chi connectivity index (χ3n) is 2.77. The summed E-state index contributed by atoms with van der Waals surface area (Å²) in [5, 5.41) is 4.40. The smallest absolute Gasteiger partial charge is 0.0874 e. The van der Waals surface area contributed by atoms with Crippen LogP contribution in [0.2, 0.25) is 10.0 Å². The van der Waals surface area contributed by atoms with Crippen molar-refractivity contribution in [3.05, 3.63) is 33.8 Å². The molecule has 2 rings (SSSR count). The number of nitrogens with one attached hydrogen (secondary N) is 1. The van der Waals surface area contributed by atoms with Crippen molar-refractivity contribution >= 4 is 35.6 Å². The van der Waals surface area contributed by atoms with Gasteiger partial charge in [0.15, 0.2) is 0 Å². The van der Waals surface area contributed by atoms with E-state index in [1.54, 1.807) is 7.11 Å². The van der Waals surface area contributed by atoms with E-state index >= 15 is 0 Å². The molecular weight excluding hydrogens is 268 g/mol. The maximum atomic E-state index is 5.98. The molecule has 0 aliphatic carbocycles. The number of methoxy groups -OCH3 is 1. The van der Waals surface area contributed by atoms with Crippen LogP contribution in [0.3, 0.4) is 0 Å². The first-order chi connectivity index (χ1) is 7.22. The molecule has 0 saturated carbocycles. The minimum atomic E-state index is 0. The van der Waals surface area contributed by atoms with Crippen LogP contribution in [-0.2, 0) is 4.74 Å². The Morgan fingerprint density at radius 2 is 2.00 bits per heavy atom. The molecule has 1 aliphatic heterocycles. The van der Waals surface area contributed by atoms with E-state index in [0.717, 1.165) is 18.7 Å². The van der Waals surface area contributed by atoms with Crippen molar-refractivity contribution in [2.45, 2.75) is 6.10 Å². The van der Waals surface area contributed by atoms with Gasteiger partial charge in [-0.25, -0.2) is 0 Å². The zero-order chi connectivity index (χ0) is 10.8. The highest BCUT2D eigenvalue weighted by Crippen LogP contribution is 2.32. The van der Waals surface area contributed by atoms with E-state index in [9.17, 15) is 0 Å². The number of halogens is 3. The van der Waals surface area contributed by atoms with Crippen molar-refractivity contribution in [3.8, 4) is 0 Å². The summed E-state index contributed by atoms with van der Waals surface area (Å²) in [5.74, 6) is 0.534. The molecular formula is C11H14Cl3NO. The molecule has 2 nitrogen and oxygen atoms in total. The summed E-state index contributed by atoms with van der Waals surface area (Å²) in [7, 11) is 1.73. The Morgan fingerprint density at radius 3 is 2.44 bits per heavy atom. The lowest BCUT2D eigenvalue weighted by atomic mass is 9.91. The second-order valence-electron chi connectivity index (χ2n) is 3.75. The van der Waals surface area contributed by atoms with E-state index in [1.165, 1.54) is 0 Å². The normalized spacial score (nSPS) is 17.4. The van der Waals surface area contributed by atoms with E-state index in [4.69, 9.17) is 27.9 Å². The van der Waals surface area contributed by atoms with Gasteiger partial charge in [0.1, 0.15) is 0 Å². The standard InChI is InChI=1S/C11H13Cl2NO.ClH/c1-15-11(8-5-14-6-8)7-2-3-9(12)10(13)4-7;/h2-4,8,11,14H,5-6H2,1H3;1H/t11-;/m0./s1. The van der Waals surface area contributed by atoms with Gasteiger partial charge in [-0.2, -0.15) is 0 Å². The van der Waals surface area contributed by atoms with E-state index in [1.807, 2.05) is 18.2 Å². The van der Waals surface area contributed by atoms with Crippen LogP contribution < -0.4 is 5.32 Å². The molecule has 5 heteroatoms. The Bertz CT molecular complexity index is 355. The molecule has 1 aromatic carbocycles. The molecule has 90 valence electrons. The lowest BCUT2D eigenvalue weighted by Crippen LogP contribution is -2.45. The van der Waals surface area contributed by atoms with Crippen molar-refractivity contribution < 1.29 is 4.74 Å². The number of ether oxygens (including phenoxy) is 1. The Kier molecular flexibility index (Phi) is 5.35. The van der Waals surface area contributed by atoms with Crippen molar-refractivity contribution in [3.63, 3.8) is 0 Å². The second kappa shape index (κ2) is 6.08. The summed E-state index contributed by atoms with van der Waals surface area (Å²) < 4.78 is 5.49. The average Bonchev–Trinajstić information content (AvgIpc) is 2.16. The minimum Gasteiger partial charge on any atom is -0.376 e. The lowest BCUT2D eigenvalue weighted by molar-refractivity contribution is 0.0292. The first-order valence-corrected chi connectivity index (χ1v) is 5.66. The summed E-state index contributed by atoms with van der Waals surface area (Å²) in [6, 6.07) is 5.68. The fourth-order valence-corrected chi connectivity index (χ4v) is 2.12. The molecule has 0 spiro atoms. The Labute approximate surface area is 112 Å². The average molecular weight is 283 g/mol. The van der Waals surface area contributed by atoms with Gasteiger partial charge in [0.25, 0.3) is 0 Å². The van der Waals surface area contributed by atoms with Gasteiger partial charge in [-0.3, -0.25) is 0 Å². The molecule has 1 atom stereocenters. The third kappa shape index (κ3) is 2.82. The molecule has 1 N–H and O–H groups in total. The minimum absolute atomic E-state index is 0. The zero-order valence-corrected chi connectivity index (χ0v) is 11.2. The van der Waals surface area contributed by atoms with Gasteiger partial charge in [-0.05, 0) is 17.7 Å². The molecule has 0 unspecified atom stereocenters. The summed E-state index contributed by atoms with van der Waals surface area (Å²) in [6.45, 7) is 2.00. The number of hydrogen-bond donors (Lipinski definition) is 1. The maximum Gasteiger partial charge on any atom is 0.0874 e. The quantitative estimate of drug-likeness (QED) is 0.918. The zero-order valence-electron chi connectivity index (χ0n) is 8.87. The molecule has 0 radical (unpaired) electrons. The van der Waals surface area contributed by atoms with E-state index < -0.39 is 0 Å². The van der Waals surface area contributed by atoms with Gasteiger partial charge in [-0.1, -0.05) is 29.3 Å². The maximum absolute atomic E-state index is 5.98. The monoisotopic (exact) mass is 281 g/mol. The van der Waals surface area contributed by atoms with E-state index in [2.05, 4.69) is 5.32 Å². The summed E-state index contributed by atoms with van der Waals surface area (Å²) in [5.41, 5.74) is 1.10. The van der Waals surface area contributed by atoms with Crippen molar-refractivity contribution in [2.75, 3.05) is 20.2 Å². The number of rotatable bonds is 3. The highest BCUT2D eigenvalue weighted by atomic mass is 35.5. The van der Waals surface area contributed by atoms with Crippen LogP contribution in [0.1, 0.15) is 11.7 Å². The van der Waals surface area contributed by atoms with Crippen LogP contribution in [-0.4, -0.2) is 20.2 Å². The second-order valence-corrected chi connectivity index (χ2v) is 4.56. The molecule has 1 saturated heterocycles. The summed E-state index contributed by atoms with van der Waals surface area (Å²) >= 11 is 11.8. The summed E-state index contributed by atoms with van der Waals surface area (Å²) in [6.07, 6.45) is 0.112. The Hall–Kier alpha value is 0.01000. The van der Waals surface area contributed by atoms with Crippen molar-refractivity contribution in [2.24, 2.45) is 5.92 Å². The van der Waals surface area contributed by atoms with Gasteiger partial charge in [0, 0.05) is 26.1 Å². The van der Waals surface area contributed by atoms with Crippen LogP contribution in [0, 0.1) is 5.92 Å². The van der Waals surface area contributed by atoms with E-state index in [-0.39, 0.29) is 18.5 Å². The van der Waals surface area contributed by atoms with Gasteiger partial charge in [-0.15, -0.1) is 12.4 Å². The SMILES string of the molecule is CO[C@@H](c1ccc(Cl)c(Cl)c1)C1CNC1.Cl. The largest absolute Gasteiger partial charge is 0.376 e. The fraction of sp³-hybridized carbons (Fsp3) is 0.455. The molecule has 0 bridgehead atoms. The topological polar surface area (TPSA) is 21.3 Å². The van der Waals surface area contributed by atoms with Gasteiger partial charge in [0.2, 0.25) is 0 Å². The first kappa shape index (κ1) is 14.1. The molecule has 0 aromatic heterocycles. The third-order valence-corrected chi connectivity index (χ3v) is 3.51. The fourth-order valence-electron chi connectivity index (χ4n) is 1.82. The predicted octanol–water partition coefficient (Wildman–Crippen LogP) is 3.32. The summed E-state index contributed by atoms with van der Waals surface area (Å²) in [4.78, 5) is 0. The van der Waals surface area contributed by atoms with Crippen LogP contribution in [0.4, 0.5) is 0 Å². The van der Waals surface area contributed by atoms with Crippen molar-refractivity contribution in [1.29, 1.82) is 0 Å². The molecule has 16 heavy (non-hydrogen) atoms. The number of benzene rings is 1. The van der Waals surface area contributed by atoms with Gasteiger partial charge >= 0.3 is 0 Å².